The van der Waals surface area contributed by atoms with E-state index in [4.69, 9.17) is 9.72 Å². The van der Waals surface area contributed by atoms with Gasteiger partial charge in [0.15, 0.2) is 0 Å². The molecule has 0 aromatic carbocycles. The van der Waals surface area contributed by atoms with Crippen molar-refractivity contribution in [1.82, 2.24) is 14.9 Å². The van der Waals surface area contributed by atoms with Crippen molar-refractivity contribution in [2.24, 2.45) is 5.10 Å². The number of nitrogens with one attached hydrogen (secondary N) is 1. The summed E-state index contributed by atoms with van der Waals surface area (Å²) in [5.41, 5.74) is 3.87. The maximum atomic E-state index is 6.01. The second kappa shape index (κ2) is 19.9. The van der Waals surface area contributed by atoms with Crippen LogP contribution in [0.2, 0.25) is 0 Å². The van der Waals surface area contributed by atoms with E-state index in [0.29, 0.717) is 12.6 Å². The zero-order valence-electron chi connectivity index (χ0n) is 23.8. The number of nitrogens with zero attached hydrogens (tertiary/aromatic N) is 5. The molecule has 1 N–H and O–H groups in total. The largest absolute Gasteiger partial charge is 0.462 e. The van der Waals surface area contributed by atoms with Crippen molar-refractivity contribution in [1.29, 1.82) is 0 Å². The number of aromatic nitrogens is 2. The van der Waals surface area contributed by atoms with Crippen molar-refractivity contribution in [3.8, 4) is 6.01 Å². The Bertz CT molecular complexity index is 829. The van der Waals surface area contributed by atoms with E-state index in [2.05, 4.69) is 58.2 Å². The van der Waals surface area contributed by atoms with Gasteiger partial charge in [-0.05, 0) is 57.3 Å². The van der Waals surface area contributed by atoms with Crippen LogP contribution in [0.4, 0.5) is 10.8 Å². The first-order valence-electron chi connectivity index (χ1n) is 14.1. The van der Waals surface area contributed by atoms with Gasteiger partial charge in [-0.1, -0.05) is 54.9 Å². The highest BCUT2D eigenvalue weighted by Gasteiger charge is 2.13. The first-order valence-corrected chi connectivity index (χ1v) is 14.9. The Morgan fingerprint density at radius 3 is 2.33 bits per heavy atom. The van der Waals surface area contributed by atoms with Crippen molar-refractivity contribution in [3.63, 3.8) is 0 Å². The van der Waals surface area contributed by atoms with Crippen molar-refractivity contribution in [2.75, 3.05) is 49.7 Å². The highest BCUT2D eigenvalue weighted by molar-refractivity contribution is 7.16. The molecule has 1 fully saturated rings. The van der Waals surface area contributed by atoms with Gasteiger partial charge in [0.1, 0.15) is 17.4 Å². The lowest BCUT2D eigenvalue weighted by molar-refractivity contribution is 0.177. The molecule has 0 aliphatic carbocycles. The molecular weight excluding hydrogens is 468 g/mol. The number of thiophene rings is 1. The minimum atomic E-state index is 0.433. The Labute approximate surface area is 224 Å². The molecule has 0 spiro atoms. The third-order valence-corrected chi connectivity index (χ3v) is 6.63. The summed E-state index contributed by atoms with van der Waals surface area (Å²) >= 11 is 1.72. The quantitative estimate of drug-likeness (QED) is 0.225. The van der Waals surface area contributed by atoms with E-state index >= 15 is 0 Å². The first-order chi connectivity index (χ1) is 17.7. The van der Waals surface area contributed by atoms with E-state index in [1.807, 2.05) is 33.8 Å². The van der Waals surface area contributed by atoms with Crippen LogP contribution in [0.15, 0.2) is 23.3 Å². The van der Waals surface area contributed by atoms with Gasteiger partial charge < -0.3 is 9.64 Å². The number of likely N-dealkylation sites (tertiary alicyclic amines) is 1. The summed E-state index contributed by atoms with van der Waals surface area (Å²) in [6.45, 7) is 20.3. The molecule has 0 unspecified atom stereocenters. The number of piperidine rings is 1. The monoisotopic (exact) mass is 518 g/mol. The van der Waals surface area contributed by atoms with Crippen LogP contribution in [0.5, 0.6) is 6.01 Å². The van der Waals surface area contributed by atoms with E-state index in [1.54, 1.807) is 17.6 Å². The van der Waals surface area contributed by atoms with E-state index in [-0.39, 0.29) is 0 Å². The zero-order chi connectivity index (χ0) is 26.6. The van der Waals surface area contributed by atoms with Gasteiger partial charge in [0.05, 0.1) is 11.9 Å². The fourth-order valence-electron chi connectivity index (χ4n) is 3.84. The molecule has 204 valence electrons. The van der Waals surface area contributed by atoms with Crippen LogP contribution in [0.3, 0.4) is 0 Å². The Morgan fingerprint density at radius 2 is 1.72 bits per heavy atom. The molecule has 36 heavy (non-hydrogen) atoms. The summed E-state index contributed by atoms with van der Waals surface area (Å²) in [6, 6.07) is 6.63. The fourth-order valence-corrected chi connectivity index (χ4v) is 4.64. The summed E-state index contributed by atoms with van der Waals surface area (Å²) in [4.78, 5) is 15.4. The number of hydrogen-bond acceptors (Lipinski definition) is 8. The topological polar surface area (TPSA) is 65.9 Å². The minimum Gasteiger partial charge on any atom is -0.462 e. The predicted octanol–water partition coefficient (Wildman–Crippen LogP) is 7.09. The number of hydrazone groups is 1. The Kier molecular flexibility index (Phi) is 17.6. The lowest BCUT2D eigenvalue weighted by Crippen LogP contribution is -2.33. The number of aryl methyl sites for hydroxylation is 1. The summed E-state index contributed by atoms with van der Waals surface area (Å²) in [5.74, 6) is 0.905. The second-order valence-electron chi connectivity index (χ2n) is 8.16. The van der Waals surface area contributed by atoms with Gasteiger partial charge in [-0.15, -0.1) is 11.3 Å². The summed E-state index contributed by atoms with van der Waals surface area (Å²) in [5, 5.41) is 5.44. The van der Waals surface area contributed by atoms with Crippen LogP contribution in [-0.2, 0) is 6.42 Å². The number of anilines is 2. The molecule has 3 heterocycles. The Hall–Kier alpha value is -2.19. The van der Waals surface area contributed by atoms with Crippen molar-refractivity contribution < 1.29 is 4.74 Å². The van der Waals surface area contributed by atoms with E-state index in [0.717, 1.165) is 68.5 Å². The molecule has 0 saturated carbocycles. The number of ether oxygens (including phenoxy) is 1. The molecule has 0 atom stereocenters. The highest BCUT2D eigenvalue weighted by atomic mass is 32.1. The maximum absolute atomic E-state index is 6.01. The normalized spacial score (nSPS) is 13.4. The molecule has 0 radical (unpaired) electrons. The Morgan fingerprint density at radius 1 is 1.03 bits per heavy atom. The van der Waals surface area contributed by atoms with Crippen molar-refractivity contribution >= 4 is 28.4 Å². The van der Waals surface area contributed by atoms with Crippen LogP contribution in [0, 0.1) is 0 Å². The van der Waals surface area contributed by atoms with E-state index < -0.39 is 0 Å². The average molecular weight is 519 g/mol. The lowest BCUT2D eigenvalue weighted by atomic mass is 10.1. The highest BCUT2D eigenvalue weighted by Crippen LogP contribution is 2.22. The lowest BCUT2D eigenvalue weighted by Gasteiger charge is -2.26. The molecule has 3 rings (SSSR count). The van der Waals surface area contributed by atoms with Gasteiger partial charge >= 0.3 is 6.01 Å². The van der Waals surface area contributed by atoms with Crippen LogP contribution < -0.4 is 15.1 Å². The van der Waals surface area contributed by atoms with Crippen molar-refractivity contribution in [2.45, 2.75) is 87.0 Å². The smallest absolute Gasteiger partial charge is 0.319 e. The molecule has 1 aliphatic heterocycles. The Balaban J connectivity index is 0.00000154. The van der Waals surface area contributed by atoms with Gasteiger partial charge in [-0.3, -0.25) is 10.3 Å². The third kappa shape index (κ3) is 11.7. The van der Waals surface area contributed by atoms with Gasteiger partial charge in [0.25, 0.3) is 0 Å². The van der Waals surface area contributed by atoms with Gasteiger partial charge in [0, 0.05) is 30.6 Å². The van der Waals surface area contributed by atoms with Crippen LogP contribution in [-0.4, -0.2) is 60.4 Å². The van der Waals surface area contributed by atoms with Gasteiger partial charge in [-0.2, -0.15) is 15.1 Å². The second-order valence-corrected chi connectivity index (χ2v) is 9.33. The van der Waals surface area contributed by atoms with Crippen LogP contribution in [0.1, 0.15) is 91.1 Å². The van der Waals surface area contributed by atoms with Crippen LogP contribution >= 0.6 is 11.3 Å². The molecular formula is C28H50N6OS. The van der Waals surface area contributed by atoms with Gasteiger partial charge in [-0.25, -0.2) is 0 Å². The molecule has 8 heteroatoms. The molecule has 1 saturated heterocycles. The zero-order valence-corrected chi connectivity index (χ0v) is 24.7. The molecule has 7 nitrogen and oxygen atoms in total. The van der Waals surface area contributed by atoms with Gasteiger partial charge in [0.2, 0.25) is 0 Å². The molecule has 0 amide bonds. The van der Waals surface area contributed by atoms with E-state index in [9.17, 15) is 0 Å². The van der Waals surface area contributed by atoms with Crippen LogP contribution in [0.25, 0.3) is 0 Å². The minimum absolute atomic E-state index is 0.433. The molecule has 2 aromatic rings. The standard InChI is InChI=1S/C24H38N6OS.2C2H6/c1-4-12-30(13-5-2)22-18-20(19-25-28-23-11-10-21(6-3)32-23)26-24(27-22)31-17-16-29-14-8-7-9-15-29;2*1-2/h10-11,18-19,28H,4-9,12-17H2,1-3H3;2*1-2H3/b25-19+;;. The molecule has 1 aliphatic rings. The predicted molar refractivity (Wildman–Crippen MR) is 158 cm³/mol. The summed E-state index contributed by atoms with van der Waals surface area (Å²) in [6.07, 6.45) is 8.84. The maximum Gasteiger partial charge on any atom is 0.319 e. The van der Waals surface area contributed by atoms with Crippen molar-refractivity contribution in [3.05, 3.63) is 28.8 Å². The summed E-state index contributed by atoms with van der Waals surface area (Å²) in [7, 11) is 0. The first kappa shape index (κ1) is 31.8. The summed E-state index contributed by atoms with van der Waals surface area (Å²) < 4.78 is 6.01. The molecule has 0 bridgehead atoms. The fraction of sp³-hybridized carbons (Fsp3) is 0.679. The number of hydrogen-bond donors (Lipinski definition) is 1. The number of rotatable bonds is 13. The SMILES string of the molecule is CC.CC.CCCN(CCC)c1cc(/C=N/Nc2ccc(CC)s2)nc(OCCN2CCCCC2)n1. The average Bonchev–Trinajstić information content (AvgIpc) is 3.39. The van der Waals surface area contributed by atoms with E-state index in [1.165, 1.54) is 24.1 Å². The third-order valence-electron chi connectivity index (χ3n) is 5.49. The molecule has 2 aromatic heterocycles.